The number of carbonyl (C=O) groups is 6. The molecule has 4 unspecified atom stereocenters. The molecular formula is C41H61F3N8O7. The molecule has 9 N–H and O–H groups in total. The molecule has 328 valence electrons. The normalized spacial score (nSPS) is 15.0. The highest BCUT2D eigenvalue weighted by atomic mass is 19.4. The van der Waals surface area contributed by atoms with Gasteiger partial charge in [-0.3, -0.25) is 19.2 Å². The van der Waals surface area contributed by atoms with Gasteiger partial charge in [0.1, 0.15) is 18.1 Å². The number of carboxylic acids is 1. The van der Waals surface area contributed by atoms with Crippen molar-refractivity contribution < 1.29 is 47.0 Å². The zero-order valence-corrected chi connectivity index (χ0v) is 34.3. The first-order chi connectivity index (χ1) is 27.9. The molecule has 0 saturated carbocycles. The molecular weight excluding hydrogens is 773 g/mol. The predicted octanol–water partition coefficient (Wildman–Crippen LogP) is 2.81. The molecule has 18 heteroatoms. The molecule has 3 rings (SSSR count). The van der Waals surface area contributed by atoms with E-state index in [1.165, 1.54) is 0 Å². The maximum Gasteiger partial charge on any atom is 0.490 e. The second-order valence-electron chi connectivity index (χ2n) is 14.9. The van der Waals surface area contributed by atoms with E-state index in [1.807, 2.05) is 74.5 Å². The zero-order chi connectivity index (χ0) is 44.0. The number of benzene rings is 2. The van der Waals surface area contributed by atoms with Crippen molar-refractivity contribution in [2.75, 3.05) is 39.8 Å². The van der Waals surface area contributed by atoms with Crippen molar-refractivity contribution in [1.29, 1.82) is 0 Å². The van der Waals surface area contributed by atoms with Crippen molar-refractivity contribution in [3.05, 3.63) is 71.8 Å². The highest BCUT2D eigenvalue weighted by Crippen LogP contribution is 2.16. The summed E-state index contributed by atoms with van der Waals surface area (Å²) in [6.07, 6.45) is -1.56. The van der Waals surface area contributed by atoms with Crippen LogP contribution in [0.3, 0.4) is 0 Å². The second kappa shape index (κ2) is 26.0. The highest BCUT2D eigenvalue weighted by molar-refractivity contribution is 5.94. The van der Waals surface area contributed by atoms with Crippen LogP contribution in [0.1, 0.15) is 76.3 Å². The molecule has 2 aromatic carbocycles. The van der Waals surface area contributed by atoms with Crippen LogP contribution in [0.15, 0.2) is 60.7 Å². The van der Waals surface area contributed by atoms with Gasteiger partial charge < -0.3 is 47.6 Å². The Morgan fingerprint density at radius 2 is 1.39 bits per heavy atom. The van der Waals surface area contributed by atoms with E-state index in [1.54, 1.807) is 11.9 Å². The predicted molar refractivity (Wildman–Crippen MR) is 217 cm³/mol. The maximum atomic E-state index is 13.9. The van der Waals surface area contributed by atoms with Crippen LogP contribution in [-0.2, 0) is 30.4 Å². The number of rotatable bonds is 20. The summed E-state index contributed by atoms with van der Waals surface area (Å²) in [5, 5.41) is 24.5. The van der Waals surface area contributed by atoms with Gasteiger partial charge in [0, 0.05) is 39.1 Å². The van der Waals surface area contributed by atoms with Gasteiger partial charge in [0.15, 0.2) is 0 Å². The minimum atomic E-state index is -5.08. The summed E-state index contributed by atoms with van der Waals surface area (Å²) < 4.78 is 31.7. The van der Waals surface area contributed by atoms with Crippen molar-refractivity contribution in [3.8, 4) is 0 Å². The van der Waals surface area contributed by atoms with Crippen molar-refractivity contribution in [3.63, 3.8) is 0 Å². The number of nitrogens with zero attached hydrogens (tertiary/aromatic N) is 1. The number of urea groups is 1. The Kier molecular flexibility index (Phi) is 22.0. The number of nitrogens with two attached hydrogens (primary N) is 1. The number of halogens is 3. The molecule has 0 aromatic heterocycles. The van der Waals surface area contributed by atoms with Gasteiger partial charge in [-0.05, 0) is 68.0 Å². The summed E-state index contributed by atoms with van der Waals surface area (Å²) in [6, 6.07) is 16.5. The van der Waals surface area contributed by atoms with Gasteiger partial charge in [0.25, 0.3) is 0 Å². The molecule has 0 bridgehead atoms. The van der Waals surface area contributed by atoms with Gasteiger partial charge in [-0.15, -0.1) is 0 Å². The van der Waals surface area contributed by atoms with Gasteiger partial charge in [-0.25, -0.2) is 9.59 Å². The minimum absolute atomic E-state index is 0.0252. The largest absolute Gasteiger partial charge is 0.490 e. The number of carboxylic acid groups (broad SMARTS) is 1. The first-order valence-electron chi connectivity index (χ1n) is 19.9. The van der Waals surface area contributed by atoms with Crippen LogP contribution in [0.4, 0.5) is 18.0 Å². The Labute approximate surface area is 344 Å². The van der Waals surface area contributed by atoms with Gasteiger partial charge in [0.05, 0.1) is 6.54 Å². The number of aliphatic carboxylic acids is 1. The molecule has 1 saturated heterocycles. The monoisotopic (exact) mass is 834 g/mol. The van der Waals surface area contributed by atoms with Gasteiger partial charge in [-0.1, -0.05) is 81.4 Å². The van der Waals surface area contributed by atoms with Crippen molar-refractivity contribution in [2.45, 2.75) is 102 Å². The molecule has 6 amide bonds. The lowest BCUT2D eigenvalue weighted by atomic mass is 9.99. The maximum absolute atomic E-state index is 13.9. The molecule has 1 aliphatic rings. The Morgan fingerprint density at radius 3 is 1.93 bits per heavy atom. The lowest BCUT2D eigenvalue weighted by Crippen LogP contribution is -2.58. The van der Waals surface area contributed by atoms with E-state index < -0.39 is 42.1 Å². The third-order valence-electron chi connectivity index (χ3n) is 9.55. The van der Waals surface area contributed by atoms with Crippen LogP contribution in [0.5, 0.6) is 0 Å². The quantitative estimate of drug-likeness (QED) is 0.0918. The van der Waals surface area contributed by atoms with E-state index in [-0.39, 0.29) is 48.7 Å². The number of amides is 6. The van der Waals surface area contributed by atoms with Crippen LogP contribution >= 0.6 is 0 Å². The Bertz CT molecular complexity index is 1610. The van der Waals surface area contributed by atoms with E-state index in [4.69, 9.17) is 15.6 Å². The molecule has 0 spiro atoms. The average Bonchev–Trinajstić information content (AvgIpc) is 3.20. The fourth-order valence-corrected chi connectivity index (χ4v) is 6.33. The van der Waals surface area contributed by atoms with E-state index >= 15 is 0 Å². The van der Waals surface area contributed by atoms with Crippen molar-refractivity contribution >= 4 is 35.6 Å². The van der Waals surface area contributed by atoms with Crippen LogP contribution < -0.4 is 37.6 Å². The van der Waals surface area contributed by atoms with E-state index in [9.17, 15) is 37.1 Å². The molecule has 1 fully saturated rings. The molecule has 59 heavy (non-hydrogen) atoms. The van der Waals surface area contributed by atoms with Crippen LogP contribution in [-0.4, -0.2) is 116 Å². The molecule has 15 nitrogen and oxygen atoms in total. The summed E-state index contributed by atoms with van der Waals surface area (Å²) in [4.78, 5) is 77.1. The summed E-state index contributed by atoms with van der Waals surface area (Å²) in [7, 11) is 1.56. The minimum Gasteiger partial charge on any atom is -0.475 e. The third-order valence-corrected chi connectivity index (χ3v) is 9.55. The summed E-state index contributed by atoms with van der Waals surface area (Å²) in [5.41, 5.74) is 7.76. The SMILES string of the molecule is CNC(=O)NC1CCN(C(=O)C(CCCCN)NC(=O)C(CC(C)C)NC(=O)C(Cc2ccccc2)NC(=O)CNCC(C)c2ccccc2)CC1.O=C(O)C(F)(F)F. The lowest BCUT2D eigenvalue weighted by molar-refractivity contribution is -0.192. The summed E-state index contributed by atoms with van der Waals surface area (Å²) in [5.74, 6) is -3.97. The zero-order valence-electron chi connectivity index (χ0n) is 34.3. The van der Waals surface area contributed by atoms with E-state index in [0.717, 1.165) is 11.1 Å². The molecule has 0 radical (unpaired) electrons. The number of piperidine rings is 1. The first-order valence-corrected chi connectivity index (χ1v) is 19.9. The first kappa shape index (κ1) is 49.9. The van der Waals surface area contributed by atoms with Crippen molar-refractivity contribution in [1.82, 2.24) is 36.8 Å². The van der Waals surface area contributed by atoms with Crippen LogP contribution in [0.25, 0.3) is 0 Å². The Balaban J connectivity index is 0.00000157. The molecule has 0 aliphatic carbocycles. The fourth-order valence-electron chi connectivity index (χ4n) is 6.33. The van der Waals surface area contributed by atoms with Crippen LogP contribution in [0, 0.1) is 5.92 Å². The summed E-state index contributed by atoms with van der Waals surface area (Å²) in [6.45, 7) is 7.96. The molecule has 2 aromatic rings. The topological polar surface area (TPSA) is 224 Å². The van der Waals surface area contributed by atoms with Gasteiger partial charge >= 0.3 is 18.2 Å². The van der Waals surface area contributed by atoms with Crippen molar-refractivity contribution in [2.24, 2.45) is 11.7 Å². The fraction of sp³-hybridized carbons (Fsp3) is 0.561. The number of unbranched alkanes of at least 4 members (excludes halogenated alkanes) is 1. The third kappa shape index (κ3) is 19.4. The summed E-state index contributed by atoms with van der Waals surface area (Å²) >= 11 is 0. The van der Waals surface area contributed by atoms with E-state index in [2.05, 4.69) is 38.8 Å². The number of carbonyl (C=O) groups excluding carboxylic acids is 5. The number of hydrogen-bond donors (Lipinski definition) is 8. The smallest absolute Gasteiger partial charge is 0.475 e. The van der Waals surface area contributed by atoms with E-state index in [0.29, 0.717) is 64.7 Å². The average molecular weight is 835 g/mol. The van der Waals surface area contributed by atoms with Gasteiger partial charge in [-0.2, -0.15) is 13.2 Å². The molecule has 1 aliphatic heterocycles. The van der Waals surface area contributed by atoms with Crippen LogP contribution in [0.2, 0.25) is 0 Å². The second-order valence-corrected chi connectivity index (χ2v) is 14.9. The highest BCUT2D eigenvalue weighted by Gasteiger charge is 2.38. The standard InChI is InChI=1S/C39H60N8O5.C2HF3O2/c1-27(2)23-33(36(49)45-32(17-11-12-20-40)38(51)47-21-18-31(19-22-47)43-39(52)41-4)46-37(50)34(24-29-13-7-5-8-14-29)44-35(48)26-42-25-28(3)30-15-9-6-10-16-30;3-2(4,5)1(6)7/h5-10,13-16,27-28,31-34,42H,11-12,17-26,40H2,1-4H3,(H,44,48)(H,45,49)(H,46,50)(H2,41,43,52);(H,6,7). The number of likely N-dealkylation sites (tertiary alicyclic amines) is 1. The molecule has 1 heterocycles. The number of hydrogen-bond acceptors (Lipinski definition) is 8. The lowest BCUT2D eigenvalue weighted by Gasteiger charge is -2.35. The Hall–Kier alpha value is -5.23. The molecule has 4 atom stereocenters. The number of nitrogens with one attached hydrogen (secondary N) is 6. The number of alkyl halides is 3. The van der Waals surface area contributed by atoms with Gasteiger partial charge in [0.2, 0.25) is 23.6 Å². The Morgan fingerprint density at radius 1 is 0.831 bits per heavy atom.